The fourth-order valence-electron chi connectivity index (χ4n) is 2.44. The van der Waals surface area contributed by atoms with Crippen molar-refractivity contribution in [2.75, 3.05) is 6.54 Å². The second kappa shape index (κ2) is 15.7. The monoisotopic (exact) mass is 396 g/mol. The summed E-state index contributed by atoms with van der Waals surface area (Å²) < 4.78 is 0. The van der Waals surface area contributed by atoms with Crippen LogP contribution in [0.4, 0.5) is 5.69 Å². The molecule has 1 fully saturated rings. The summed E-state index contributed by atoms with van der Waals surface area (Å²) in [6.07, 6.45) is 9.47. The average molecular weight is 396 g/mol. The van der Waals surface area contributed by atoms with Crippen molar-refractivity contribution >= 4 is 17.9 Å². The molecule has 1 saturated carbocycles. The number of hydrogen-bond acceptors (Lipinski definition) is 7. The van der Waals surface area contributed by atoms with Crippen LogP contribution in [0.2, 0.25) is 0 Å². The Morgan fingerprint density at radius 2 is 1.79 bits per heavy atom. The van der Waals surface area contributed by atoms with Gasteiger partial charge < -0.3 is 22.3 Å². The molecule has 1 aliphatic rings. The van der Waals surface area contributed by atoms with Crippen LogP contribution in [-0.4, -0.2) is 40.9 Å². The average Bonchev–Trinajstić information content (AvgIpc) is 2.69. The summed E-state index contributed by atoms with van der Waals surface area (Å²) in [5.41, 5.74) is 16.5. The fraction of sp³-hybridized carbons (Fsp3) is 0.579. The van der Waals surface area contributed by atoms with Crippen molar-refractivity contribution < 1.29 is 19.6 Å². The molecular weight excluding hydrogens is 364 g/mol. The Labute approximate surface area is 165 Å². The molecule has 1 atom stereocenters. The van der Waals surface area contributed by atoms with Gasteiger partial charge in [-0.2, -0.15) is 0 Å². The number of hydrogen-bond donors (Lipinski definition) is 4. The maximum atomic E-state index is 10.1. The highest BCUT2D eigenvalue weighted by molar-refractivity contribution is 5.75. The van der Waals surface area contributed by atoms with Crippen LogP contribution in [0.1, 0.15) is 61.7 Å². The van der Waals surface area contributed by atoms with Crippen molar-refractivity contribution in [1.29, 1.82) is 0 Å². The molecule has 0 amide bonds. The van der Waals surface area contributed by atoms with Gasteiger partial charge in [0, 0.05) is 23.7 Å². The molecule has 158 valence electrons. The van der Waals surface area contributed by atoms with Crippen molar-refractivity contribution in [2.24, 2.45) is 17.2 Å². The van der Waals surface area contributed by atoms with Crippen LogP contribution >= 0.6 is 0 Å². The molecular formula is C19H32N4O5. The van der Waals surface area contributed by atoms with E-state index in [9.17, 15) is 19.7 Å². The van der Waals surface area contributed by atoms with Gasteiger partial charge in [-0.15, -0.1) is 0 Å². The molecule has 1 unspecified atom stereocenters. The Hall–Kier alpha value is -2.36. The minimum absolute atomic E-state index is 0.00407. The molecule has 9 heteroatoms. The van der Waals surface area contributed by atoms with E-state index in [-0.39, 0.29) is 5.69 Å². The lowest BCUT2D eigenvalue weighted by Gasteiger charge is -2.15. The molecule has 1 aromatic carbocycles. The zero-order valence-electron chi connectivity index (χ0n) is 16.2. The molecule has 28 heavy (non-hydrogen) atoms. The Morgan fingerprint density at radius 3 is 2.14 bits per heavy atom. The first kappa shape index (κ1) is 25.6. The largest absolute Gasteiger partial charge is 0.480 e. The van der Waals surface area contributed by atoms with Gasteiger partial charge in [0.25, 0.3) is 5.69 Å². The molecule has 0 aliphatic heterocycles. The highest BCUT2D eigenvalue weighted by Gasteiger charge is 2.09. The van der Waals surface area contributed by atoms with Gasteiger partial charge in [0.2, 0.25) is 0 Å². The number of unbranched alkanes of at least 4 members (excludes halogenated alkanes) is 1. The molecule has 0 saturated heterocycles. The van der Waals surface area contributed by atoms with Crippen molar-refractivity contribution in [1.82, 2.24) is 0 Å². The van der Waals surface area contributed by atoms with Crippen molar-refractivity contribution in [3.8, 4) is 0 Å². The van der Waals surface area contributed by atoms with Gasteiger partial charge in [-0.3, -0.25) is 19.7 Å². The van der Waals surface area contributed by atoms with Crippen molar-refractivity contribution in [3.63, 3.8) is 0 Å². The van der Waals surface area contributed by atoms with Crippen LogP contribution in [0, 0.1) is 10.1 Å². The number of benzene rings is 1. The molecule has 0 radical (unpaired) electrons. The lowest BCUT2D eigenvalue weighted by molar-refractivity contribution is -0.384. The number of carbonyl (C=O) groups excluding carboxylic acids is 1. The second-order valence-corrected chi connectivity index (χ2v) is 6.59. The first-order chi connectivity index (χ1) is 13.3. The standard InChI is InChI=1S/C7H5NO3.C6H14N2O2.C6H13N/c9-5-6-1-3-7(4-2-6)8(10)11;7-4-2-1-3-5(8)6(9)10;7-6-4-2-1-3-5-6/h1-5H;5H,1-4,7-8H2,(H,9,10);6H,1-5,7H2. The van der Waals surface area contributed by atoms with E-state index in [1.807, 2.05) is 0 Å². The predicted molar refractivity (Wildman–Crippen MR) is 108 cm³/mol. The van der Waals surface area contributed by atoms with E-state index in [4.69, 9.17) is 22.3 Å². The lowest BCUT2D eigenvalue weighted by Crippen LogP contribution is -2.29. The Balaban J connectivity index is 0.000000400. The molecule has 2 rings (SSSR count). The van der Waals surface area contributed by atoms with Gasteiger partial charge in [0.15, 0.2) is 0 Å². The maximum absolute atomic E-state index is 10.1. The highest BCUT2D eigenvalue weighted by Crippen LogP contribution is 2.14. The van der Waals surface area contributed by atoms with E-state index in [1.165, 1.54) is 56.4 Å². The first-order valence-electron chi connectivity index (χ1n) is 9.45. The molecule has 1 aliphatic carbocycles. The van der Waals surface area contributed by atoms with E-state index in [2.05, 4.69) is 0 Å². The topological polar surface area (TPSA) is 176 Å². The quantitative estimate of drug-likeness (QED) is 0.234. The number of aldehydes is 1. The smallest absolute Gasteiger partial charge is 0.320 e. The third-order valence-corrected chi connectivity index (χ3v) is 4.18. The number of nitrogens with zero attached hydrogens (tertiary/aromatic N) is 1. The summed E-state index contributed by atoms with van der Waals surface area (Å²) in [7, 11) is 0. The van der Waals surface area contributed by atoms with Crippen molar-refractivity contribution in [2.45, 2.75) is 63.5 Å². The molecule has 0 aromatic heterocycles. The van der Waals surface area contributed by atoms with Gasteiger partial charge in [-0.25, -0.2) is 0 Å². The number of rotatable bonds is 7. The summed E-state index contributed by atoms with van der Waals surface area (Å²) in [5.74, 6) is -0.933. The minimum atomic E-state index is -0.933. The van der Waals surface area contributed by atoms with Crippen LogP contribution in [0.15, 0.2) is 24.3 Å². The van der Waals surface area contributed by atoms with E-state index in [0.717, 1.165) is 12.8 Å². The number of nitro benzene ring substituents is 1. The summed E-state index contributed by atoms with van der Waals surface area (Å²) in [5, 5.41) is 18.4. The molecule has 0 bridgehead atoms. The number of carbonyl (C=O) groups is 2. The van der Waals surface area contributed by atoms with Crippen molar-refractivity contribution in [3.05, 3.63) is 39.9 Å². The van der Waals surface area contributed by atoms with E-state index < -0.39 is 16.9 Å². The molecule has 0 heterocycles. The van der Waals surface area contributed by atoms with Crippen LogP contribution in [0.3, 0.4) is 0 Å². The second-order valence-electron chi connectivity index (χ2n) is 6.59. The molecule has 9 nitrogen and oxygen atoms in total. The highest BCUT2D eigenvalue weighted by atomic mass is 16.6. The summed E-state index contributed by atoms with van der Waals surface area (Å²) >= 11 is 0. The van der Waals surface area contributed by atoms with Gasteiger partial charge in [0.05, 0.1) is 4.92 Å². The van der Waals surface area contributed by atoms with Crippen LogP contribution in [-0.2, 0) is 4.79 Å². The third-order valence-electron chi connectivity index (χ3n) is 4.18. The summed E-state index contributed by atoms with van der Waals surface area (Å²) in [6, 6.07) is 5.23. The van der Waals surface area contributed by atoms with Crippen LogP contribution in [0.25, 0.3) is 0 Å². The van der Waals surface area contributed by atoms with E-state index in [1.54, 1.807) is 0 Å². The van der Waals surface area contributed by atoms with Gasteiger partial charge in [-0.05, 0) is 44.4 Å². The SMILES string of the molecule is NC1CCCCC1.NCCCCC(N)C(=O)O.O=Cc1ccc([N+](=O)[O-])cc1. The summed E-state index contributed by atoms with van der Waals surface area (Å²) in [4.78, 5) is 29.9. The zero-order chi connectivity index (χ0) is 21.4. The fourth-order valence-corrected chi connectivity index (χ4v) is 2.44. The number of non-ortho nitro benzene ring substituents is 1. The van der Waals surface area contributed by atoms with Crippen LogP contribution in [0.5, 0.6) is 0 Å². The summed E-state index contributed by atoms with van der Waals surface area (Å²) in [6.45, 7) is 0.604. The van der Waals surface area contributed by atoms with Gasteiger partial charge in [-0.1, -0.05) is 25.7 Å². The Morgan fingerprint density at radius 1 is 1.21 bits per heavy atom. The predicted octanol–water partition coefficient (Wildman–Crippen LogP) is 2.21. The first-order valence-corrected chi connectivity index (χ1v) is 9.45. The maximum Gasteiger partial charge on any atom is 0.320 e. The van der Waals surface area contributed by atoms with E-state index >= 15 is 0 Å². The van der Waals surface area contributed by atoms with Gasteiger partial charge >= 0.3 is 5.97 Å². The zero-order valence-corrected chi connectivity index (χ0v) is 16.2. The number of carboxylic acid groups (broad SMARTS) is 1. The number of carboxylic acids is 1. The Kier molecular flexibility index (Phi) is 14.4. The third kappa shape index (κ3) is 12.9. The Bertz CT molecular complexity index is 574. The lowest BCUT2D eigenvalue weighted by atomic mass is 9.97. The van der Waals surface area contributed by atoms with Crippen LogP contribution < -0.4 is 17.2 Å². The number of nitro groups is 1. The van der Waals surface area contributed by atoms with Gasteiger partial charge in [0.1, 0.15) is 12.3 Å². The molecule has 0 spiro atoms. The van der Waals surface area contributed by atoms with E-state index in [0.29, 0.717) is 30.9 Å². The normalized spacial score (nSPS) is 14.5. The molecule has 1 aromatic rings. The number of aliphatic carboxylic acids is 1. The minimum Gasteiger partial charge on any atom is -0.480 e. The molecule has 7 N–H and O–H groups in total. The number of nitrogens with two attached hydrogens (primary N) is 3.